The number of nitrogens with zero attached hydrogens (tertiary/aromatic N) is 2. The summed E-state index contributed by atoms with van der Waals surface area (Å²) >= 11 is 0. The third kappa shape index (κ3) is 2.89. The van der Waals surface area contributed by atoms with Gasteiger partial charge < -0.3 is 9.64 Å². The Hall–Kier alpha value is -3.19. The van der Waals surface area contributed by atoms with Crippen LogP contribution in [0.1, 0.15) is 18.5 Å². The van der Waals surface area contributed by atoms with E-state index >= 15 is 0 Å². The molecule has 7 nitrogen and oxygen atoms in total. The number of hydrogen-bond acceptors (Lipinski definition) is 6. The van der Waals surface area contributed by atoms with E-state index in [-0.39, 0.29) is 11.8 Å². The normalized spacial score (nSPS) is 27.9. The molecule has 2 amide bonds. The SMILES string of the molecule is COC(=O)[C@]1(C)N[C@H](c2ccc(N(C)C)cc2)[C@@H]2C(=O)N(c3ccccc3)C(=O)[C@@H]21. The van der Waals surface area contributed by atoms with Gasteiger partial charge in [-0.3, -0.25) is 19.7 Å². The molecular weight excluding hydrogens is 382 g/mol. The predicted molar refractivity (Wildman–Crippen MR) is 113 cm³/mol. The van der Waals surface area contributed by atoms with E-state index in [0.717, 1.165) is 11.3 Å². The fraction of sp³-hybridized carbons (Fsp3) is 0.348. The topological polar surface area (TPSA) is 79.0 Å². The molecule has 2 fully saturated rings. The van der Waals surface area contributed by atoms with Crippen LogP contribution in [0.25, 0.3) is 0 Å². The first-order valence-electron chi connectivity index (χ1n) is 9.86. The van der Waals surface area contributed by atoms with Crippen LogP contribution in [-0.4, -0.2) is 44.5 Å². The first-order chi connectivity index (χ1) is 14.3. The minimum absolute atomic E-state index is 0.307. The standard InChI is InChI=1S/C23H25N3O4/c1-23(22(29)30-4)18-17(19(24-23)14-10-12-15(13-11-14)25(2)3)20(27)26(21(18)28)16-8-6-5-7-9-16/h5-13,17-19,24H,1-4H3/t17-,18-,19-,23-/m1/s1. The lowest BCUT2D eigenvalue weighted by molar-refractivity contribution is -0.151. The number of anilines is 2. The van der Waals surface area contributed by atoms with Gasteiger partial charge in [-0.2, -0.15) is 0 Å². The summed E-state index contributed by atoms with van der Waals surface area (Å²) in [5.74, 6) is -2.80. The van der Waals surface area contributed by atoms with Gasteiger partial charge >= 0.3 is 5.97 Å². The maximum atomic E-state index is 13.5. The molecule has 0 unspecified atom stereocenters. The van der Waals surface area contributed by atoms with Gasteiger partial charge in [-0.15, -0.1) is 0 Å². The number of para-hydroxylation sites is 1. The van der Waals surface area contributed by atoms with Gasteiger partial charge in [-0.05, 0) is 36.8 Å². The number of benzene rings is 2. The van der Waals surface area contributed by atoms with Crippen molar-refractivity contribution in [3.8, 4) is 0 Å². The van der Waals surface area contributed by atoms with E-state index in [4.69, 9.17) is 4.74 Å². The number of fused-ring (bicyclic) bond motifs is 1. The average Bonchev–Trinajstić information content (AvgIpc) is 3.21. The van der Waals surface area contributed by atoms with Gasteiger partial charge in [0.15, 0.2) is 0 Å². The van der Waals surface area contributed by atoms with Crippen LogP contribution in [0.5, 0.6) is 0 Å². The Balaban J connectivity index is 1.79. The molecule has 2 saturated heterocycles. The van der Waals surface area contributed by atoms with Gasteiger partial charge in [0.1, 0.15) is 5.54 Å². The molecule has 2 aromatic carbocycles. The smallest absolute Gasteiger partial charge is 0.326 e. The van der Waals surface area contributed by atoms with Gasteiger partial charge in [0.2, 0.25) is 11.8 Å². The van der Waals surface area contributed by atoms with Crippen molar-refractivity contribution in [3.63, 3.8) is 0 Å². The van der Waals surface area contributed by atoms with Crippen molar-refractivity contribution in [2.45, 2.75) is 18.5 Å². The lowest BCUT2D eigenvalue weighted by Crippen LogP contribution is -2.54. The van der Waals surface area contributed by atoms with E-state index in [0.29, 0.717) is 5.69 Å². The number of carbonyl (C=O) groups excluding carboxylic acids is 3. The summed E-state index contributed by atoms with van der Waals surface area (Å²) < 4.78 is 5.01. The molecule has 2 aliphatic heterocycles. The Labute approximate surface area is 175 Å². The zero-order valence-corrected chi connectivity index (χ0v) is 17.5. The van der Waals surface area contributed by atoms with Crippen LogP contribution >= 0.6 is 0 Å². The number of hydrogen-bond donors (Lipinski definition) is 1. The van der Waals surface area contributed by atoms with E-state index in [1.165, 1.54) is 12.0 Å². The Morgan fingerprint density at radius 1 is 1.03 bits per heavy atom. The highest BCUT2D eigenvalue weighted by molar-refractivity contribution is 6.24. The summed E-state index contributed by atoms with van der Waals surface area (Å²) in [4.78, 5) is 42.8. The first kappa shape index (κ1) is 20.1. The Bertz CT molecular complexity index is 989. The molecule has 4 rings (SSSR count). The molecule has 2 aliphatic rings. The third-order valence-electron chi connectivity index (χ3n) is 6.18. The number of nitrogens with one attached hydrogen (secondary N) is 1. The zero-order chi connectivity index (χ0) is 21.6. The molecule has 0 saturated carbocycles. The lowest BCUT2D eigenvalue weighted by atomic mass is 9.80. The maximum Gasteiger partial charge on any atom is 0.326 e. The number of methoxy groups -OCH3 is 1. The van der Waals surface area contributed by atoms with E-state index in [1.54, 1.807) is 31.2 Å². The Kier molecular flexibility index (Phi) is 4.86. The molecule has 2 heterocycles. The van der Waals surface area contributed by atoms with E-state index in [9.17, 15) is 14.4 Å². The highest BCUT2D eigenvalue weighted by Gasteiger charge is 2.67. The Morgan fingerprint density at radius 2 is 1.67 bits per heavy atom. The quantitative estimate of drug-likeness (QED) is 0.618. The number of amides is 2. The summed E-state index contributed by atoms with van der Waals surface area (Å²) in [5, 5.41) is 3.26. The molecule has 0 aliphatic carbocycles. The molecule has 1 N–H and O–H groups in total. The van der Waals surface area contributed by atoms with E-state index in [1.807, 2.05) is 49.3 Å². The number of carbonyl (C=O) groups is 3. The van der Waals surface area contributed by atoms with Crippen molar-refractivity contribution in [2.24, 2.45) is 11.8 Å². The lowest BCUT2D eigenvalue weighted by Gasteiger charge is -2.28. The number of rotatable bonds is 4. The molecule has 7 heteroatoms. The second kappa shape index (κ2) is 7.25. The van der Waals surface area contributed by atoms with Crippen molar-refractivity contribution < 1.29 is 19.1 Å². The largest absolute Gasteiger partial charge is 0.468 e. The third-order valence-corrected chi connectivity index (χ3v) is 6.18. The molecule has 156 valence electrons. The second-order valence-corrected chi connectivity index (χ2v) is 8.15. The molecule has 2 aromatic rings. The van der Waals surface area contributed by atoms with Crippen LogP contribution in [0.15, 0.2) is 54.6 Å². The average molecular weight is 407 g/mol. The number of esters is 1. The van der Waals surface area contributed by atoms with Crippen molar-refractivity contribution >= 4 is 29.2 Å². The van der Waals surface area contributed by atoms with E-state index in [2.05, 4.69) is 5.32 Å². The summed E-state index contributed by atoms with van der Waals surface area (Å²) in [7, 11) is 5.19. The van der Waals surface area contributed by atoms with Crippen LogP contribution in [0, 0.1) is 11.8 Å². The summed E-state index contributed by atoms with van der Waals surface area (Å²) in [6, 6.07) is 16.1. The molecule has 0 spiro atoms. The maximum absolute atomic E-state index is 13.5. The second-order valence-electron chi connectivity index (χ2n) is 8.15. The zero-order valence-electron chi connectivity index (χ0n) is 17.5. The van der Waals surface area contributed by atoms with Crippen molar-refractivity contribution in [3.05, 3.63) is 60.2 Å². The predicted octanol–water partition coefficient (Wildman–Crippen LogP) is 2.13. The van der Waals surface area contributed by atoms with Gasteiger partial charge in [0, 0.05) is 25.8 Å². The Morgan fingerprint density at radius 3 is 2.23 bits per heavy atom. The van der Waals surface area contributed by atoms with Crippen LogP contribution in [0.4, 0.5) is 11.4 Å². The van der Waals surface area contributed by atoms with Crippen molar-refractivity contribution in [1.82, 2.24) is 5.32 Å². The fourth-order valence-electron chi connectivity index (χ4n) is 4.64. The van der Waals surface area contributed by atoms with Crippen LogP contribution in [0.3, 0.4) is 0 Å². The molecular formula is C23H25N3O4. The van der Waals surface area contributed by atoms with Crippen LogP contribution < -0.4 is 15.1 Å². The highest BCUT2D eigenvalue weighted by atomic mass is 16.5. The molecule has 0 radical (unpaired) electrons. The first-order valence-corrected chi connectivity index (χ1v) is 9.86. The van der Waals surface area contributed by atoms with Gasteiger partial charge in [-0.25, -0.2) is 4.90 Å². The van der Waals surface area contributed by atoms with Gasteiger partial charge in [-0.1, -0.05) is 30.3 Å². The molecule has 0 aromatic heterocycles. The van der Waals surface area contributed by atoms with Crippen molar-refractivity contribution in [1.29, 1.82) is 0 Å². The molecule has 4 atom stereocenters. The molecule has 0 bridgehead atoms. The summed E-state index contributed by atoms with van der Waals surface area (Å²) in [6.07, 6.45) is 0. The van der Waals surface area contributed by atoms with Gasteiger partial charge in [0.05, 0.1) is 24.6 Å². The van der Waals surface area contributed by atoms with Gasteiger partial charge in [0.25, 0.3) is 0 Å². The van der Waals surface area contributed by atoms with Crippen molar-refractivity contribution in [2.75, 3.05) is 31.0 Å². The summed E-state index contributed by atoms with van der Waals surface area (Å²) in [5.41, 5.74) is 1.07. The van der Waals surface area contributed by atoms with E-state index < -0.39 is 29.4 Å². The minimum Gasteiger partial charge on any atom is -0.468 e. The summed E-state index contributed by atoms with van der Waals surface area (Å²) in [6.45, 7) is 1.64. The molecule has 30 heavy (non-hydrogen) atoms. The van der Waals surface area contributed by atoms with Crippen LogP contribution in [0.2, 0.25) is 0 Å². The fourth-order valence-corrected chi connectivity index (χ4v) is 4.64. The number of imide groups is 1. The minimum atomic E-state index is -1.30. The number of ether oxygens (including phenoxy) is 1. The van der Waals surface area contributed by atoms with Crippen LogP contribution in [-0.2, 0) is 19.1 Å². The highest BCUT2D eigenvalue weighted by Crippen LogP contribution is 2.50. The monoisotopic (exact) mass is 407 g/mol.